The van der Waals surface area contributed by atoms with Crippen molar-refractivity contribution in [1.29, 1.82) is 0 Å². The van der Waals surface area contributed by atoms with Gasteiger partial charge in [0.2, 0.25) is 5.91 Å². The Morgan fingerprint density at radius 1 is 1.44 bits per heavy atom. The lowest BCUT2D eigenvalue weighted by Gasteiger charge is -2.13. The van der Waals surface area contributed by atoms with E-state index in [4.69, 9.17) is 11.6 Å². The quantitative estimate of drug-likeness (QED) is 0.845. The third kappa shape index (κ3) is 6.84. The van der Waals surface area contributed by atoms with Crippen LogP contribution in [0.15, 0.2) is 24.3 Å². The highest BCUT2D eigenvalue weighted by Crippen LogP contribution is 2.10. The Hall–Kier alpha value is -0.770. The Labute approximate surface area is 120 Å². The number of carbonyl (C=O) groups is 1. The number of carbonyl (C=O) groups excluding carboxylic acids is 1. The zero-order valence-electron chi connectivity index (χ0n) is 10.7. The van der Waals surface area contributed by atoms with E-state index in [1.807, 2.05) is 32.0 Å². The van der Waals surface area contributed by atoms with Crippen molar-refractivity contribution in [1.82, 2.24) is 10.6 Å². The zero-order valence-corrected chi connectivity index (χ0v) is 12.3. The summed E-state index contributed by atoms with van der Waals surface area (Å²) < 4.78 is 0. The van der Waals surface area contributed by atoms with Crippen LogP contribution in [0, 0.1) is 0 Å². The number of halogens is 2. The predicted molar refractivity (Wildman–Crippen MR) is 78.6 cm³/mol. The molecule has 102 valence electrons. The second-order valence-electron chi connectivity index (χ2n) is 4.07. The van der Waals surface area contributed by atoms with E-state index in [2.05, 4.69) is 10.6 Å². The highest BCUT2D eigenvalue weighted by Gasteiger charge is 2.05. The molecule has 0 heterocycles. The van der Waals surface area contributed by atoms with Crippen LogP contribution in [0.5, 0.6) is 0 Å². The summed E-state index contributed by atoms with van der Waals surface area (Å²) in [5.74, 6) is 0.0250. The average Bonchev–Trinajstić information content (AvgIpc) is 2.27. The molecule has 0 aliphatic carbocycles. The molecule has 1 rings (SSSR count). The standard InChI is InChI=1S/C13H19ClN2O.ClH/c1-3-15-10(2)9-16-13(17)8-11-5-4-6-12(14)7-11;/h4-7,10,15H,3,8-9H2,1-2H3,(H,16,17);1H/t10-;/m1./s1. The van der Waals surface area contributed by atoms with Crippen molar-refractivity contribution >= 4 is 29.9 Å². The van der Waals surface area contributed by atoms with E-state index >= 15 is 0 Å². The Morgan fingerprint density at radius 3 is 2.78 bits per heavy atom. The Morgan fingerprint density at radius 2 is 2.17 bits per heavy atom. The van der Waals surface area contributed by atoms with Gasteiger partial charge in [0.1, 0.15) is 0 Å². The largest absolute Gasteiger partial charge is 0.354 e. The van der Waals surface area contributed by atoms with E-state index in [0.717, 1.165) is 12.1 Å². The molecule has 0 spiro atoms. The Balaban J connectivity index is 0.00000289. The molecule has 5 heteroatoms. The molecule has 0 fully saturated rings. The average molecular weight is 291 g/mol. The lowest BCUT2D eigenvalue weighted by atomic mass is 10.1. The summed E-state index contributed by atoms with van der Waals surface area (Å²) in [6.45, 7) is 5.64. The summed E-state index contributed by atoms with van der Waals surface area (Å²) in [5.41, 5.74) is 0.936. The molecular formula is C13H20Cl2N2O. The third-order valence-corrected chi connectivity index (χ3v) is 2.65. The van der Waals surface area contributed by atoms with Gasteiger partial charge < -0.3 is 10.6 Å². The summed E-state index contributed by atoms with van der Waals surface area (Å²) in [5, 5.41) is 6.79. The maximum Gasteiger partial charge on any atom is 0.224 e. The number of benzene rings is 1. The van der Waals surface area contributed by atoms with Crippen LogP contribution in [0.4, 0.5) is 0 Å². The predicted octanol–water partition coefficient (Wildman–Crippen LogP) is 2.42. The van der Waals surface area contributed by atoms with Crippen molar-refractivity contribution < 1.29 is 4.79 Å². The van der Waals surface area contributed by atoms with Gasteiger partial charge in [-0.15, -0.1) is 12.4 Å². The van der Waals surface area contributed by atoms with Gasteiger partial charge in [0.25, 0.3) is 0 Å². The van der Waals surface area contributed by atoms with Crippen molar-refractivity contribution in [3.05, 3.63) is 34.9 Å². The van der Waals surface area contributed by atoms with Crippen molar-refractivity contribution in [3.8, 4) is 0 Å². The summed E-state index contributed by atoms with van der Waals surface area (Å²) in [4.78, 5) is 11.7. The van der Waals surface area contributed by atoms with Gasteiger partial charge in [0.05, 0.1) is 6.42 Å². The minimum Gasteiger partial charge on any atom is -0.354 e. The van der Waals surface area contributed by atoms with E-state index in [1.54, 1.807) is 6.07 Å². The van der Waals surface area contributed by atoms with Crippen molar-refractivity contribution in [2.24, 2.45) is 0 Å². The van der Waals surface area contributed by atoms with Crippen LogP contribution in [0.25, 0.3) is 0 Å². The lowest BCUT2D eigenvalue weighted by Crippen LogP contribution is -2.39. The van der Waals surface area contributed by atoms with Crippen molar-refractivity contribution in [3.63, 3.8) is 0 Å². The molecule has 0 bridgehead atoms. The fourth-order valence-electron chi connectivity index (χ4n) is 1.58. The van der Waals surface area contributed by atoms with E-state index in [0.29, 0.717) is 24.0 Å². The monoisotopic (exact) mass is 290 g/mol. The van der Waals surface area contributed by atoms with Gasteiger partial charge in [-0.25, -0.2) is 0 Å². The maximum absolute atomic E-state index is 11.7. The molecule has 0 saturated carbocycles. The lowest BCUT2D eigenvalue weighted by molar-refractivity contribution is -0.120. The van der Waals surface area contributed by atoms with Gasteiger partial charge >= 0.3 is 0 Å². The molecule has 0 aromatic heterocycles. The van der Waals surface area contributed by atoms with Gasteiger partial charge in [-0.1, -0.05) is 30.7 Å². The fraction of sp³-hybridized carbons (Fsp3) is 0.462. The fourth-order valence-corrected chi connectivity index (χ4v) is 1.80. The van der Waals surface area contributed by atoms with Crippen LogP contribution in [-0.4, -0.2) is 25.0 Å². The first kappa shape index (κ1) is 17.2. The molecule has 0 radical (unpaired) electrons. The van der Waals surface area contributed by atoms with Crippen LogP contribution in [-0.2, 0) is 11.2 Å². The molecule has 0 unspecified atom stereocenters. The van der Waals surface area contributed by atoms with Crippen LogP contribution in [0.2, 0.25) is 5.02 Å². The second kappa shape index (κ2) is 9.20. The maximum atomic E-state index is 11.7. The number of hydrogen-bond donors (Lipinski definition) is 2. The summed E-state index contributed by atoms with van der Waals surface area (Å²) in [6.07, 6.45) is 0.374. The van der Waals surface area contributed by atoms with Crippen LogP contribution in [0.1, 0.15) is 19.4 Å². The van der Waals surface area contributed by atoms with E-state index in [-0.39, 0.29) is 18.3 Å². The number of nitrogens with one attached hydrogen (secondary N) is 2. The van der Waals surface area contributed by atoms with Gasteiger partial charge in [0.15, 0.2) is 0 Å². The molecule has 3 nitrogen and oxygen atoms in total. The summed E-state index contributed by atoms with van der Waals surface area (Å²) in [6, 6.07) is 7.67. The van der Waals surface area contributed by atoms with Crippen LogP contribution >= 0.6 is 24.0 Å². The van der Waals surface area contributed by atoms with Gasteiger partial charge in [-0.05, 0) is 31.2 Å². The molecular weight excluding hydrogens is 271 g/mol. The van der Waals surface area contributed by atoms with Crippen LogP contribution in [0.3, 0.4) is 0 Å². The first-order valence-corrected chi connectivity index (χ1v) is 6.24. The van der Waals surface area contributed by atoms with Gasteiger partial charge in [-0.2, -0.15) is 0 Å². The normalized spacial score (nSPS) is 11.5. The zero-order chi connectivity index (χ0) is 12.7. The summed E-state index contributed by atoms with van der Waals surface area (Å²) >= 11 is 5.86. The smallest absolute Gasteiger partial charge is 0.224 e. The van der Waals surface area contributed by atoms with Crippen molar-refractivity contribution in [2.75, 3.05) is 13.1 Å². The van der Waals surface area contributed by atoms with E-state index < -0.39 is 0 Å². The topological polar surface area (TPSA) is 41.1 Å². The minimum atomic E-state index is 0. The summed E-state index contributed by atoms with van der Waals surface area (Å²) in [7, 11) is 0. The molecule has 18 heavy (non-hydrogen) atoms. The number of amides is 1. The number of rotatable bonds is 6. The molecule has 1 atom stereocenters. The second-order valence-corrected chi connectivity index (χ2v) is 4.51. The van der Waals surface area contributed by atoms with Crippen LogP contribution < -0.4 is 10.6 Å². The highest BCUT2D eigenvalue weighted by atomic mass is 35.5. The Bertz CT molecular complexity index is 372. The molecule has 0 aliphatic rings. The number of likely N-dealkylation sites (N-methyl/N-ethyl adjacent to an activating group) is 1. The molecule has 2 N–H and O–H groups in total. The van der Waals surface area contributed by atoms with Gasteiger partial charge in [0, 0.05) is 17.6 Å². The first-order valence-electron chi connectivity index (χ1n) is 5.86. The molecule has 1 amide bonds. The molecule has 0 aliphatic heterocycles. The molecule has 1 aromatic rings. The van der Waals surface area contributed by atoms with Gasteiger partial charge in [-0.3, -0.25) is 4.79 Å². The van der Waals surface area contributed by atoms with Crippen molar-refractivity contribution in [2.45, 2.75) is 26.3 Å². The first-order chi connectivity index (χ1) is 8.11. The third-order valence-electron chi connectivity index (χ3n) is 2.41. The SMILES string of the molecule is CCN[C@H](C)CNC(=O)Cc1cccc(Cl)c1.Cl. The number of hydrogen-bond acceptors (Lipinski definition) is 2. The molecule has 1 aromatic carbocycles. The van der Waals surface area contributed by atoms with E-state index in [1.165, 1.54) is 0 Å². The Kier molecular flexibility index (Phi) is 8.81. The highest BCUT2D eigenvalue weighted by molar-refractivity contribution is 6.30. The minimum absolute atomic E-state index is 0. The van der Waals surface area contributed by atoms with E-state index in [9.17, 15) is 4.79 Å². The molecule has 0 saturated heterocycles.